The highest BCUT2D eigenvalue weighted by Gasteiger charge is 2.44. The van der Waals surface area contributed by atoms with Crippen molar-refractivity contribution < 1.29 is 22.7 Å². The summed E-state index contributed by atoms with van der Waals surface area (Å²) in [7, 11) is 8.62. The van der Waals surface area contributed by atoms with E-state index >= 15 is 0 Å². The Hall–Kier alpha value is -10.6. The maximum atomic E-state index is 6.21. The van der Waals surface area contributed by atoms with Crippen molar-refractivity contribution in [1.82, 2.24) is 4.57 Å². The van der Waals surface area contributed by atoms with Gasteiger partial charge in [-0.3, -0.25) is 0 Å². The molecule has 0 bridgehead atoms. The summed E-state index contributed by atoms with van der Waals surface area (Å²) in [6, 6.07) is 66.8. The molecule has 21 rings (SSSR count). The first-order valence-corrected chi connectivity index (χ1v) is 35.9. The lowest BCUT2D eigenvalue weighted by Gasteiger charge is -2.21. The lowest BCUT2D eigenvalue weighted by molar-refractivity contribution is -0.660. The lowest BCUT2D eigenvalue weighted by atomic mass is 9.81. The zero-order valence-corrected chi connectivity index (χ0v) is 59.8. The van der Waals surface area contributed by atoms with Crippen LogP contribution < -0.4 is 18.3 Å². The van der Waals surface area contributed by atoms with Crippen molar-refractivity contribution in [2.45, 2.75) is 93.4 Å². The van der Waals surface area contributed by atoms with Gasteiger partial charge in [-0.25, -0.2) is 4.57 Å². The molecule has 16 aromatic rings. The summed E-state index contributed by atoms with van der Waals surface area (Å²) in [5.74, 6) is 0. The van der Waals surface area contributed by atoms with Gasteiger partial charge < -0.3 is 8.98 Å². The number of thiophene rings is 1. The van der Waals surface area contributed by atoms with E-state index in [0.717, 1.165) is 36.8 Å². The van der Waals surface area contributed by atoms with Crippen LogP contribution >= 0.6 is 11.3 Å². The molecule has 0 saturated carbocycles. The van der Waals surface area contributed by atoms with Crippen LogP contribution in [0.25, 0.3) is 126 Å². The molecule has 7 aromatic heterocycles. The van der Waals surface area contributed by atoms with Gasteiger partial charge in [0.1, 0.15) is 44.0 Å². The second-order valence-corrected chi connectivity index (χ2v) is 30.5. The van der Waals surface area contributed by atoms with Crippen LogP contribution in [0.15, 0.2) is 211 Å². The molecule has 482 valence electrons. The van der Waals surface area contributed by atoms with E-state index in [-0.39, 0.29) is 5.41 Å². The van der Waals surface area contributed by atoms with Gasteiger partial charge in [0, 0.05) is 44.1 Å². The van der Waals surface area contributed by atoms with E-state index in [0.29, 0.717) is 0 Å². The first-order chi connectivity index (χ1) is 47.9. The van der Waals surface area contributed by atoms with Crippen molar-refractivity contribution in [1.29, 1.82) is 0 Å². The number of fused-ring (bicyclic) bond motifs is 24. The topological polar surface area (TPSA) is 33.6 Å². The number of hydrogen-bond donors (Lipinski definition) is 0. The Morgan fingerprint density at radius 3 is 1.44 bits per heavy atom. The van der Waals surface area contributed by atoms with Crippen molar-refractivity contribution in [2.75, 3.05) is 0 Å². The van der Waals surface area contributed by atoms with Crippen LogP contribution in [-0.2, 0) is 59.3 Å². The van der Waals surface area contributed by atoms with Crippen LogP contribution in [0.5, 0.6) is 0 Å². The average molecular weight is 1300 g/mol. The van der Waals surface area contributed by atoms with E-state index < -0.39 is 0 Å². The Morgan fingerprint density at radius 1 is 0.374 bits per heavy atom. The number of hydrogen-bond acceptors (Lipinski definition) is 2. The molecular formula is C92H81N5OS+4. The summed E-state index contributed by atoms with van der Waals surface area (Å²) in [5.41, 5.74) is 47.9. The molecule has 6 nitrogen and oxygen atoms in total. The summed E-state index contributed by atoms with van der Waals surface area (Å²) >= 11 is 1.92. The first-order valence-electron chi connectivity index (χ1n) is 35.1. The fourth-order valence-corrected chi connectivity index (χ4v) is 19.7. The van der Waals surface area contributed by atoms with Gasteiger partial charge in [-0.1, -0.05) is 129 Å². The van der Waals surface area contributed by atoms with Crippen LogP contribution in [-0.4, -0.2) is 4.57 Å². The maximum absolute atomic E-state index is 6.21. The van der Waals surface area contributed by atoms with E-state index in [9.17, 15) is 0 Å². The molecule has 0 fully saturated rings. The number of rotatable bonds is 1. The summed E-state index contributed by atoms with van der Waals surface area (Å²) in [5, 5.41) is 4.08. The van der Waals surface area contributed by atoms with Crippen LogP contribution in [0.2, 0.25) is 0 Å². The smallest absolute Gasteiger partial charge is 0.259 e. The monoisotopic (exact) mass is 1300 g/mol. The highest BCUT2D eigenvalue weighted by atomic mass is 32.1. The zero-order chi connectivity index (χ0) is 67.8. The van der Waals surface area contributed by atoms with Crippen molar-refractivity contribution in [3.63, 3.8) is 0 Å². The Morgan fingerprint density at radius 2 is 0.848 bits per heavy atom. The third kappa shape index (κ3) is 9.19. The van der Waals surface area contributed by atoms with Crippen LogP contribution in [0.3, 0.4) is 0 Å². The van der Waals surface area contributed by atoms with Gasteiger partial charge in [0.25, 0.3) is 5.52 Å². The van der Waals surface area contributed by atoms with Crippen LogP contribution in [0.4, 0.5) is 0 Å². The second kappa shape index (κ2) is 22.5. The molecule has 0 saturated heterocycles. The number of furan rings is 1. The fraction of sp³-hybridized carbons (Fsp3) is 0.196. The maximum Gasteiger partial charge on any atom is 0.259 e. The molecule has 5 aliphatic rings. The lowest BCUT2D eigenvalue weighted by Crippen LogP contribution is -2.31. The molecule has 0 radical (unpaired) electrons. The number of pyridine rings is 4. The third-order valence-electron chi connectivity index (χ3n) is 22.9. The molecule has 0 N–H and O–H groups in total. The van der Waals surface area contributed by atoms with Gasteiger partial charge in [-0.15, -0.1) is 11.3 Å². The van der Waals surface area contributed by atoms with Crippen molar-refractivity contribution in [2.24, 2.45) is 28.2 Å². The molecular weight excluding hydrogens is 1220 g/mol. The summed E-state index contributed by atoms with van der Waals surface area (Å²) in [6.45, 7) is 20.4. The quantitative estimate of drug-likeness (QED) is 0.151. The van der Waals surface area contributed by atoms with Gasteiger partial charge in [0.05, 0.1) is 27.2 Å². The largest absolute Gasteiger partial charge is 0.449 e. The summed E-state index contributed by atoms with van der Waals surface area (Å²) in [4.78, 5) is 0. The van der Waals surface area contributed by atoms with E-state index in [4.69, 9.17) is 4.42 Å². The molecule has 0 atom stereocenters. The van der Waals surface area contributed by atoms with Gasteiger partial charge in [0.15, 0.2) is 30.4 Å². The molecule has 5 aliphatic carbocycles. The first kappa shape index (κ1) is 60.8. The Kier molecular flexibility index (Phi) is 13.8. The summed E-state index contributed by atoms with van der Waals surface area (Å²) in [6.07, 6.45) is 13.0. The van der Waals surface area contributed by atoms with E-state index in [1.54, 1.807) is 0 Å². The number of benzene rings is 9. The fourth-order valence-electron chi connectivity index (χ4n) is 18.4. The van der Waals surface area contributed by atoms with E-state index in [1.807, 2.05) is 11.3 Å². The second-order valence-electron chi connectivity index (χ2n) is 29.4. The molecule has 0 aliphatic heterocycles. The van der Waals surface area contributed by atoms with Gasteiger partial charge >= 0.3 is 0 Å². The van der Waals surface area contributed by atoms with E-state index in [2.05, 4.69) is 320 Å². The number of nitrogens with zero attached hydrogens (tertiary/aromatic N) is 5. The van der Waals surface area contributed by atoms with E-state index in [1.165, 1.54) is 209 Å². The SMILES string of the molecule is Cc1c2c(cc3c1-c1c(ccc[n+]1C)C3(C)C)-c1ccccc1C2.Cc1cc2c(c3c(C)c4c(cc3n2-c2ccccc2)-c2ccccc2C4)[n+](C)c1.Cc1cc2oc3cc4c(c(C)c3c2[n+](C)c1)Cc1ccccc1-4.Cc1cc2sc3cc4c(c(C)c3c2[n+](C)c1)Cc1ccccc1-4. The normalized spacial score (nSPS) is 13.4. The molecule has 0 amide bonds. The minimum absolute atomic E-state index is 0.0566. The molecule has 7 heteroatoms. The average Bonchev–Trinajstić information content (AvgIpc) is 1.57. The molecule has 7 heterocycles. The standard InChI is InChI=1S/C27H23N2.C23H22N.C21H18NO.C21H18NS/c1-17-13-25-27(28(3)16-17)26-18(2)22-14-19-9-7-8-12-21(19)23(22)15-24(26)29(25)20-10-5-4-6-11-20;1-14-17-12-15-8-5-6-9-16(15)18(17)13-20-21(14)22-19(23(20,2)3)10-7-11-24(22)4;2*1-12-8-19-21(22(3)11-12)20-13(2)16-9-14-6-4-5-7-15(14)17(16)10-18(20)23-19/h4-13,15-16H,14H2,1-3H3;5-11,13H,12H2,1-4H3;2*4-8,10-11H,9H2,1-3H3/q4*+1. The molecule has 99 heavy (non-hydrogen) atoms. The third-order valence-corrected chi connectivity index (χ3v) is 24.0. The Labute approximate surface area is 583 Å². The number of aryl methyl sites for hydroxylation is 10. The number of para-hydroxylation sites is 1. The van der Waals surface area contributed by atoms with Gasteiger partial charge in [-0.2, -0.15) is 13.7 Å². The zero-order valence-electron chi connectivity index (χ0n) is 59.0. The van der Waals surface area contributed by atoms with Crippen LogP contribution in [0, 0.1) is 48.5 Å². The van der Waals surface area contributed by atoms with Crippen molar-refractivity contribution in [3.05, 3.63) is 301 Å². The van der Waals surface area contributed by atoms with Gasteiger partial charge in [-0.05, 0) is 252 Å². The molecule has 0 spiro atoms. The van der Waals surface area contributed by atoms with Crippen molar-refractivity contribution >= 4 is 75.6 Å². The predicted molar refractivity (Wildman–Crippen MR) is 409 cm³/mol. The Balaban J connectivity index is 0.0000000958. The van der Waals surface area contributed by atoms with Crippen molar-refractivity contribution in [3.8, 4) is 61.5 Å². The summed E-state index contributed by atoms with van der Waals surface area (Å²) < 4.78 is 20.5. The Bertz CT molecular complexity index is 6030. The van der Waals surface area contributed by atoms with Crippen LogP contribution in [0.1, 0.15) is 108 Å². The highest BCUT2D eigenvalue weighted by molar-refractivity contribution is 7.25. The minimum atomic E-state index is 0.0566. The molecule has 9 aromatic carbocycles. The van der Waals surface area contributed by atoms with Gasteiger partial charge in [0.2, 0.25) is 16.7 Å². The molecule has 0 unspecified atom stereocenters. The minimum Gasteiger partial charge on any atom is -0.449 e. The number of aromatic nitrogens is 5. The highest BCUT2D eigenvalue weighted by Crippen LogP contribution is 2.54. The predicted octanol–water partition coefficient (Wildman–Crippen LogP) is 20.2.